The highest BCUT2D eigenvalue weighted by Crippen LogP contribution is 2.50. The maximum atomic E-state index is 13.0. The van der Waals surface area contributed by atoms with E-state index in [4.69, 9.17) is 4.74 Å². The molecular formula is C20H27IN2O3. The smallest absolute Gasteiger partial charge is 0.408 e. The van der Waals surface area contributed by atoms with Crippen molar-refractivity contribution in [3.63, 3.8) is 0 Å². The van der Waals surface area contributed by atoms with Gasteiger partial charge in [0.05, 0.1) is 0 Å². The molecule has 0 spiro atoms. The first-order valence-corrected chi connectivity index (χ1v) is 10.4. The number of rotatable bonds is 6. The number of hydrogen-bond donors (Lipinski definition) is 2. The molecule has 2 aliphatic carbocycles. The number of carbonyl (C=O) groups excluding carboxylic acids is 2. The SMILES string of the molecule is CC(C)(C)OC(=O)N[C@H](C(=O)Nc1ccc(I)cc1)C(C1CC1)C1CC1. The molecule has 26 heavy (non-hydrogen) atoms. The summed E-state index contributed by atoms with van der Waals surface area (Å²) < 4.78 is 6.51. The summed E-state index contributed by atoms with van der Waals surface area (Å²) >= 11 is 2.23. The maximum Gasteiger partial charge on any atom is 0.408 e. The second-order valence-electron chi connectivity index (χ2n) is 8.37. The number of benzene rings is 1. The summed E-state index contributed by atoms with van der Waals surface area (Å²) in [5.74, 6) is 1.11. The summed E-state index contributed by atoms with van der Waals surface area (Å²) in [6.45, 7) is 5.48. The van der Waals surface area contributed by atoms with Crippen molar-refractivity contribution in [3.05, 3.63) is 27.8 Å². The number of carbonyl (C=O) groups is 2. The highest BCUT2D eigenvalue weighted by atomic mass is 127. The molecule has 2 N–H and O–H groups in total. The molecule has 5 nitrogen and oxygen atoms in total. The maximum absolute atomic E-state index is 13.0. The van der Waals surface area contributed by atoms with Crippen LogP contribution in [0.4, 0.5) is 10.5 Å². The number of alkyl carbamates (subject to hydrolysis) is 1. The third kappa shape index (κ3) is 5.59. The van der Waals surface area contributed by atoms with Crippen molar-refractivity contribution in [1.82, 2.24) is 5.32 Å². The van der Waals surface area contributed by atoms with Gasteiger partial charge < -0.3 is 15.4 Å². The van der Waals surface area contributed by atoms with Crippen molar-refractivity contribution in [2.45, 2.75) is 58.1 Å². The molecule has 142 valence electrons. The predicted octanol–water partition coefficient (Wildman–Crippen LogP) is 4.56. The third-order valence-corrected chi connectivity index (χ3v) is 5.50. The Balaban J connectivity index is 1.74. The second kappa shape index (κ2) is 7.74. The van der Waals surface area contributed by atoms with E-state index < -0.39 is 17.7 Å². The Labute approximate surface area is 168 Å². The Bertz CT molecular complexity index is 649. The van der Waals surface area contributed by atoms with Crippen LogP contribution in [0.1, 0.15) is 46.5 Å². The molecule has 2 saturated carbocycles. The van der Waals surface area contributed by atoms with E-state index in [1.165, 1.54) is 0 Å². The highest BCUT2D eigenvalue weighted by molar-refractivity contribution is 14.1. The summed E-state index contributed by atoms with van der Waals surface area (Å²) in [5, 5.41) is 5.84. The average Bonchev–Trinajstić information content (AvgIpc) is 3.41. The van der Waals surface area contributed by atoms with Gasteiger partial charge in [-0.25, -0.2) is 4.79 Å². The summed E-state index contributed by atoms with van der Waals surface area (Å²) in [7, 11) is 0. The number of halogens is 1. The van der Waals surface area contributed by atoms with Crippen molar-refractivity contribution in [2.75, 3.05) is 5.32 Å². The largest absolute Gasteiger partial charge is 0.444 e. The number of anilines is 1. The molecule has 0 unspecified atom stereocenters. The Hall–Kier alpha value is -1.31. The molecule has 0 radical (unpaired) electrons. The van der Waals surface area contributed by atoms with Gasteiger partial charge in [-0.2, -0.15) is 0 Å². The molecule has 0 aromatic heterocycles. The summed E-state index contributed by atoms with van der Waals surface area (Å²) in [6, 6.07) is 7.11. The lowest BCUT2D eigenvalue weighted by Crippen LogP contribution is -2.51. The first kappa shape index (κ1) is 19.5. The number of nitrogens with one attached hydrogen (secondary N) is 2. The minimum atomic E-state index is -0.587. The van der Waals surface area contributed by atoms with E-state index in [0.717, 1.165) is 34.9 Å². The van der Waals surface area contributed by atoms with Gasteiger partial charge in [-0.05, 0) is 111 Å². The van der Waals surface area contributed by atoms with E-state index in [0.29, 0.717) is 11.8 Å². The van der Waals surface area contributed by atoms with Crippen LogP contribution < -0.4 is 10.6 Å². The standard InChI is InChI=1S/C20H27IN2O3/c1-20(2,3)26-19(25)23-17(16(12-4-5-12)13-6-7-13)18(24)22-15-10-8-14(21)9-11-15/h8-13,16-17H,4-7H2,1-3H3,(H,22,24)(H,23,25)/t17-/m0/s1. The first-order chi connectivity index (χ1) is 12.2. The molecule has 6 heteroatoms. The minimum absolute atomic E-state index is 0.152. The third-order valence-electron chi connectivity index (χ3n) is 4.78. The van der Waals surface area contributed by atoms with Gasteiger partial charge in [-0.1, -0.05) is 0 Å². The van der Waals surface area contributed by atoms with Gasteiger partial charge in [-0.15, -0.1) is 0 Å². The van der Waals surface area contributed by atoms with Gasteiger partial charge >= 0.3 is 6.09 Å². The molecule has 0 heterocycles. The van der Waals surface area contributed by atoms with Gasteiger partial charge in [0.15, 0.2) is 0 Å². The van der Waals surface area contributed by atoms with Crippen molar-refractivity contribution >= 4 is 40.3 Å². The monoisotopic (exact) mass is 470 g/mol. The van der Waals surface area contributed by atoms with E-state index in [2.05, 4.69) is 33.2 Å². The lowest BCUT2D eigenvalue weighted by molar-refractivity contribution is -0.120. The fraction of sp³-hybridized carbons (Fsp3) is 0.600. The van der Waals surface area contributed by atoms with Crippen LogP contribution in [0.25, 0.3) is 0 Å². The quantitative estimate of drug-likeness (QED) is 0.600. The zero-order chi connectivity index (χ0) is 18.9. The Kier molecular flexibility index (Phi) is 5.79. The average molecular weight is 470 g/mol. The molecule has 1 atom stereocenters. The molecule has 2 fully saturated rings. The Morgan fingerprint density at radius 3 is 2.08 bits per heavy atom. The van der Waals surface area contributed by atoms with Crippen LogP contribution in [-0.4, -0.2) is 23.6 Å². The van der Waals surface area contributed by atoms with E-state index >= 15 is 0 Å². The number of hydrogen-bond acceptors (Lipinski definition) is 3. The normalized spacial score (nSPS) is 18.3. The lowest BCUT2D eigenvalue weighted by atomic mass is 9.88. The predicted molar refractivity (Wildman–Crippen MR) is 110 cm³/mol. The van der Waals surface area contributed by atoms with Crippen LogP contribution in [0.2, 0.25) is 0 Å². The van der Waals surface area contributed by atoms with E-state index in [1.54, 1.807) is 0 Å². The summed E-state index contributed by atoms with van der Waals surface area (Å²) in [5.41, 5.74) is 0.160. The van der Waals surface area contributed by atoms with Crippen LogP contribution in [0.3, 0.4) is 0 Å². The zero-order valence-electron chi connectivity index (χ0n) is 15.5. The van der Waals surface area contributed by atoms with Gasteiger partial charge in [0.1, 0.15) is 11.6 Å². The van der Waals surface area contributed by atoms with Crippen LogP contribution in [0.15, 0.2) is 24.3 Å². The topological polar surface area (TPSA) is 67.4 Å². The lowest BCUT2D eigenvalue weighted by Gasteiger charge is -2.29. The first-order valence-electron chi connectivity index (χ1n) is 9.29. The molecule has 2 amide bonds. The van der Waals surface area contributed by atoms with E-state index in [9.17, 15) is 9.59 Å². The van der Waals surface area contributed by atoms with Crippen LogP contribution in [0.5, 0.6) is 0 Å². The van der Waals surface area contributed by atoms with Gasteiger partial charge in [0.2, 0.25) is 5.91 Å². The van der Waals surface area contributed by atoms with Crippen molar-refractivity contribution in [3.8, 4) is 0 Å². The van der Waals surface area contributed by atoms with Crippen molar-refractivity contribution < 1.29 is 14.3 Å². The fourth-order valence-corrected chi connectivity index (χ4v) is 3.78. The fourth-order valence-electron chi connectivity index (χ4n) is 3.42. The molecule has 0 aliphatic heterocycles. The van der Waals surface area contributed by atoms with Crippen LogP contribution >= 0.6 is 22.6 Å². The highest BCUT2D eigenvalue weighted by Gasteiger charge is 2.48. The molecule has 1 aromatic carbocycles. The molecule has 0 saturated heterocycles. The van der Waals surface area contributed by atoms with Gasteiger partial charge in [-0.3, -0.25) is 4.79 Å². The number of ether oxygens (including phenoxy) is 1. The van der Waals surface area contributed by atoms with E-state index in [1.807, 2.05) is 45.0 Å². The Morgan fingerprint density at radius 1 is 1.08 bits per heavy atom. The van der Waals surface area contributed by atoms with Crippen molar-refractivity contribution in [2.24, 2.45) is 17.8 Å². The Morgan fingerprint density at radius 2 is 1.62 bits per heavy atom. The summed E-state index contributed by atoms with van der Waals surface area (Å²) in [6.07, 6.45) is 4.05. The molecule has 1 aromatic rings. The van der Waals surface area contributed by atoms with Crippen LogP contribution in [0, 0.1) is 21.3 Å². The molecular weight excluding hydrogens is 443 g/mol. The van der Waals surface area contributed by atoms with Gasteiger partial charge in [0, 0.05) is 9.26 Å². The molecule has 2 aliphatic rings. The van der Waals surface area contributed by atoms with Crippen LogP contribution in [-0.2, 0) is 9.53 Å². The number of amides is 2. The zero-order valence-corrected chi connectivity index (χ0v) is 17.7. The molecule has 0 bridgehead atoms. The van der Waals surface area contributed by atoms with Crippen molar-refractivity contribution in [1.29, 1.82) is 0 Å². The molecule has 3 rings (SSSR count). The van der Waals surface area contributed by atoms with E-state index in [-0.39, 0.29) is 11.8 Å². The van der Waals surface area contributed by atoms with Gasteiger partial charge in [0.25, 0.3) is 0 Å². The summed E-state index contributed by atoms with van der Waals surface area (Å²) in [4.78, 5) is 25.4. The second-order valence-corrected chi connectivity index (χ2v) is 9.62. The minimum Gasteiger partial charge on any atom is -0.444 e.